The van der Waals surface area contributed by atoms with Crippen LogP contribution in [0.2, 0.25) is 0 Å². The lowest BCUT2D eigenvalue weighted by molar-refractivity contribution is -0.129. The van der Waals surface area contributed by atoms with E-state index >= 15 is 0 Å². The van der Waals surface area contributed by atoms with Gasteiger partial charge in [-0.3, -0.25) is 9.59 Å². The summed E-state index contributed by atoms with van der Waals surface area (Å²) in [5.74, 6) is -0.0836. The van der Waals surface area contributed by atoms with Crippen molar-refractivity contribution in [2.45, 2.75) is 24.8 Å². The van der Waals surface area contributed by atoms with Gasteiger partial charge in [0.15, 0.2) is 0 Å². The van der Waals surface area contributed by atoms with Crippen LogP contribution in [-0.4, -0.2) is 43.7 Å². The van der Waals surface area contributed by atoms with Crippen LogP contribution in [0.15, 0.2) is 24.3 Å². The highest BCUT2D eigenvalue weighted by Crippen LogP contribution is 2.27. The molecule has 0 bridgehead atoms. The Bertz CT molecular complexity index is 582. The lowest BCUT2D eigenvalue weighted by atomic mass is 9.90. The van der Waals surface area contributed by atoms with Gasteiger partial charge < -0.3 is 20.7 Å². The molecule has 2 heterocycles. The van der Waals surface area contributed by atoms with Crippen LogP contribution in [0.4, 0.5) is 5.69 Å². The molecule has 2 aliphatic rings. The smallest absolute Gasteiger partial charge is 0.240 e. The van der Waals surface area contributed by atoms with Gasteiger partial charge in [0, 0.05) is 32.0 Å². The molecule has 0 spiro atoms. The van der Waals surface area contributed by atoms with Crippen molar-refractivity contribution < 1.29 is 14.3 Å². The number of nitrogens with zero attached hydrogens (tertiary/aromatic N) is 1. The summed E-state index contributed by atoms with van der Waals surface area (Å²) in [4.78, 5) is 26.0. The second kappa shape index (κ2) is 6.06. The molecule has 2 amide bonds. The number of nitrogens with two attached hydrogens (primary N) is 1. The van der Waals surface area contributed by atoms with Crippen molar-refractivity contribution in [3.63, 3.8) is 0 Å². The number of rotatable bonds is 4. The molecule has 1 aromatic carbocycles. The van der Waals surface area contributed by atoms with E-state index in [2.05, 4.69) is 5.32 Å². The quantitative estimate of drug-likeness (QED) is 0.832. The van der Waals surface area contributed by atoms with Crippen LogP contribution in [0.25, 0.3) is 0 Å². The summed E-state index contributed by atoms with van der Waals surface area (Å²) in [5, 5.41) is 2.86. The third-order valence-electron chi connectivity index (χ3n) is 4.38. The molecule has 0 unspecified atom stereocenters. The first-order chi connectivity index (χ1) is 10.6. The van der Waals surface area contributed by atoms with Crippen molar-refractivity contribution in [2.24, 2.45) is 5.73 Å². The van der Waals surface area contributed by atoms with E-state index < -0.39 is 5.54 Å². The van der Waals surface area contributed by atoms with Crippen molar-refractivity contribution in [3.05, 3.63) is 29.8 Å². The number of carbonyl (C=O) groups is 2. The topological polar surface area (TPSA) is 84.7 Å². The number of fused-ring (bicyclic) bond motifs is 1. The first-order valence-corrected chi connectivity index (χ1v) is 7.63. The molecule has 2 aliphatic heterocycles. The fourth-order valence-corrected chi connectivity index (χ4v) is 2.98. The van der Waals surface area contributed by atoms with E-state index in [1.165, 1.54) is 0 Å². The van der Waals surface area contributed by atoms with Crippen molar-refractivity contribution in [2.75, 3.05) is 31.2 Å². The molecule has 118 valence electrons. The van der Waals surface area contributed by atoms with Gasteiger partial charge in [0.05, 0.1) is 12.0 Å². The van der Waals surface area contributed by atoms with E-state index in [1.807, 2.05) is 24.3 Å². The fraction of sp³-hybridized carbons (Fsp3) is 0.500. The fourth-order valence-electron chi connectivity index (χ4n) is 2.98. The van der Waals surface area contributed by atoms with Gasteiger partial charge >= 0.3 is 0 Å². The Morgan fingerprint density at radius 1 is 1.32 bits per heavy atom. The molecule has 1 aromatic rings. The minimum atomic E-state index is -0.842. The second-order valence-electron chi connectivity index (χ2n) is 5.88. The Balaban J connectivity index is 1.55. The predicted octanol–water partition coefficient (Wildman–Crippen LogP) is 0.200. The lowest BCUT2D eigenvalue weighted by Gasteiger charge is -2.32. The maximum atomic E-state index is 12.2. The number of amides is 2. The molecule has 6 nitrogen and oxygen atoms in total. The van der Waals surface area contributed by atoms with Gasteiger partial charge in [0.25, 0.3) is 0 Å². The van der Waals surface area contributed by atoms with E-state index in [9.17, 15) is 9.59 Å². The van der Waals surface area contributed by atoms with Crippen LogP contribution < -0.4 is 16.0 Å². The Morgan fingerprint density at radius 3 is 2.82 bits per heavy atom. The highest BCUT2D eigenvalue weighted by Gasteiger charge is 2.36. The number of hydrogen-bond acceptors (Lipinski definition) is 4. The summed E-state index contributed by atoms with van der Waals surface area (Å²) < 4.78 is 5.24. The number of anilines is 1. The first kappa shape index (κ1) is 15.0. The number of carbonyl (C=O) groups excluding carboxylic acids is 2. The summed E-state index contributed by atoms with van der Waals surface area (Å²) in [6.07, 6.45) is 1.50. The van der Waals surface area contributed by atoms with Gasteiger partial charge in [-0.15, -0.1) is 0 Å². The number of ether oxygens (including phenoxy) is 1. The zero-order chi connectivity index (χ0) is 15.6. The molecule has 1 fully saturated rings. The molecule has 3 rings (SSSR count). The largest absolute Gasteiger partial charge is 0.381 e. The van der Waals surface area contributed by atoms with Crippen LogP contribution in [0.3, 0.4) is 0 Å². The average molecular weight is 303 g/mol. The zero-order valence-electron chi connectivity index (χ0n) is 12.5. The molecule has 3 N–H and O–H groups in total. The van der Waals surface area contributed by atoms with E-state index in [0.717, 1.165) is 11.3 Å². The monoisotopic (exact) mass is 303 g/mol. The molecule has 0 radical (unpaired) electrons. The number of hydrogen-bond donors (Lipinski definition) is 2. The molecule has 22 heavy (non-hydrogen) atoms. The van der Waals surface area contributed by atoms with Gasteiger partial charge in [0.2, 0.25) is 11.8 Å². The third kappa shape index (κ3) is 2.84. The highest BCUT2D eigenvalue weighted by molar-refractivity contribution is 6.01. The molecular weight excluding hydrogens is 282 g/mol. The maximum absolute atomic E-state index is 12.2. The molecule has 0 atom stereocenters. The van der Waals surface area contributed by atoms with Crippen LogP contribution >= 0.6 is 0 Å². The molecule has 0 aliphatic carbocycles. The average Bonchev–Trinajstić information content (AvgIpc) is 2.84. The normalized spacial score (nSPS) is 19.9. The maximum Gasteiger partial charge on any atom is 0.240 e. The predicted molar refractivity (Wildman–Crippen MR) is 82.5 cm³/mol. The third-order valence-corrected chi connectivity index (χ3v) is 4.38. The van der Waals surface area contributed by atoms with E-state index in [0.29, 0.717) is 45.6 Å². The van der Waals surface area contributed by atoms with E-state index in [1.54, 1.807) is 4.90 Å². The van der Waals surface area contributed by atoms with Gasteiger partial charge in [-0.05, 0) is 24.5 Å². The van der Waals surface area contributed by atoms with Gasteiger partial charge in [0.1, 0.15) is 0 Å². The second-order valence-corrected chi connectivity index (χ2v) is 5.88. The zero-order valence-corrected chi connectivity index (χ0v) is 12.5. The van der Waals surface area contributed by atoms with Gasteiger partial charge in [-0.2, -0.15) is 0 Å². The minimum Gasteiger partial charge on any atom is -0.381 e. The molecule has 0 aromatic heterocycles. The Labute approximate surface area is 129 Å². The summed E-state index contributed by atoms with van der Waals surface area (Å²) in [6.45, 7) is 1.90. The standard InChI is InChI=1S/C16H21N3O3/c17-16(5-9-22-10-6-16)15(21)18-7-8-19-13-4-2-1-3-12(13)11-14(19)20/h1-4H,5-11,17H2,(H,18,21). The van der Waals surface area contributed by atoms with Crippen molar-refractivity contribution in [1.82, 2.24) is 5.32 Å². The number of benzene rings is 1. The van der Waals surface area contributed by atoms with Gasteiger partial charge in [-0.25, -0.2) is 0 Å². The van der Waals surface area contributed by atoms with Crippen LogP contribution in [0.1, 0.15) is 18.4 Å². The molecule has 1 saturated heterocycles. The number of nitrogens with one attached hydrogen (secondary N) is 1. The summed E-state index contributed by atoms with van der Waals surface area (Å²) >= 11 is 0. The SMILES string of the molecule is NC1(C(=O)NCCN2C(=O)Cc3ccccc32)CCOCC1. The summed E-state index contributed by atoms with van der Waals surface area (Å²) in [5.41, 5.74) is 7.27. The Kier molecular flexibility index (Phi) is 4.13. The van der Waals surface area contributed by atoms with Crippen molar-refractivity contribution >= 4 is 17.5 Å². The summed E-state index contributed by atoms with van der Waals surface area (Å²) in [6, 6.07) is 7.74. The molecule has 0 saturated carbocycles. The summed E-state index contributed by atoms with van der Waals surface area (Å²) in [7, 11) is 0. The lowest BCUT2D eigenvalue weighted by Crippen LogP contribution is -2.57. The van der Waals surface area contributed by atoms with E-state index in [4.69, 9.17) is 10.5 Å². The van der Waals surface area contributed by atoms with Crippen molar-refractivity contribution in [3.8, 4) is 0 Å². The van der Waals surface area contributed by atoms with Crippen LogP contribution in [-0.2, 0) is 20.7 Å². The Morgan fingerprint density at radius 2 is 2.05 bits per heavy atom. The first-order valence-electron chi connectivity index (χ1n) is 7.63. The minimum absolute atomic E-state index is 0.0731. The van der Waals surface area contributed by atoms with Crippen LogP contribution in [0, 0.1) is 0 Å². The molecular formula is C16H21N3O3. The van der Waals surface area contributed by atoms with E-state index in [-0.39, 0.29) is 11.8 Å². The number of para-hydroxylation sites is 1. The Hall–Kier alpha value is -1.92. The van der Waals surface area contributed by atoms with Crippen molar-refractivity contribution in [1.29, 1.82) is 0 Å². The van der Waals surface area contributed by atoms with Gasteiger partial charge in [-0.1, -0.05) is 18.2 Å². The highest BCUT2D eigenvalue weighted by atomic mass is 16.5. The molecule has 6 heteroatoms. The van der Waals surface area contributed by atoms with Crippen LogP contribution in [0.5, 0.6) is 0 Å².